The molecule has 0 bridgehead atoms. The molecule has 8 nitrogen and oxygen atoms in total. The van der Waals surface area contributed by atoms with Gasteiger partial charge in [0.2, 0.25) is 10.0 Å². The Bertz CT molecular complexity index is 888. The third-order valence-electron chi connectivity index (χ3n) is 3.48. The highest BCUT2D eigenvalue weighted by Gasteiger charge is 2.26. The van der Waals surface area contributed by atoms with E-state index < -0.39 is 10.0 Å². The molecule has 10 heteroatoms. The van der Waals surface area contributed by atoms with Gasteiger partial charge in [0.15, 0.2) is 0 Å². The van der Waals surface area contributed by atoms with Crippen molar-refractivity contribution in [2.45, 2.75) is 31.3 Å². The summed E-state index contributed by atoms with van der Waals surface area (Å²) >= 11 is 0.996. The molecule has 1 atom stereocenters. The van der Waals surface area contributed by atoms with Gasteiger partial charge in [-0.05, 0) is 18.1 Å². The summed E-state index contributed by atoms with van der Waals surface area (Å²) in [5.41, 5.74) is 0.970. The molecule has 2 heterocycles. The smallest absolute Gasteiger partial charge is 0.207 e. The Labute approximate surface area is 137 Å². The predicted octanol–water partition coefficient (Wildman–Crippen LogP) is 1.29. The van der Waals surface area contributed by atoms with Gasteiger partial charge in [0.25, 0.3) is 0 Å². The SMILES string of the molecule is CC(C)[C@H](Cn1nccn1)NS(=O)(=O)c1cccc2nsnc12. The maximum Gasteiger partial charge on any atom is 0.243 e. The van der Waals surface area contributed by atoms with Crippen LogP contribution in [0.3, 0.4) is 0 Å². The van der Waals surface area contributed by atoms with Crippen LogP contribution in [-0.4, -0.2) is 38.2 Å². The summed E-state index contributed by atoms with van der Waals surface area (Å²) in [5, 5.41) is 8.07. The highest BCUT2D eigenvalue weighted by Crippen LogP contribution is 2.22. The van der Waals surface area contributed by atoms with Crippen molar-refractivity contribution in [3.05, 3.63) is 30.6 Å². The van der Waals surface area contributed by atoms with Crippen LogP contribution in [0.1, 0.15) is 13.8 Å². The zero-order valence-electron chi connectivity index (χ0n) is 12.6. The van der Waals surface area contributed by atoms with Crippen molar-refractivity contribution in [3.8, 4) is 0 Å². The predicted molar refractivity (Wildman–Crippen MR) is 86.4 cm³/mol. The first-order chi connectivity index (χ1) is 11.0. The first-order valence-electron chi connectivity index (χ1n) is 7.05. The van der Waals surface area contributed by atoms with E-state index in [0.717, 1.165) is 11.7 Å². The Hall–Kier alpha value is -1.91. The van der Waals surface area contributed by atoms with Crippen LogP contribution in [0.25, 0.3) is 11.0 Å². The molecule has 2 aromatic heterocycles. The van der Waals surface area contributed by atoms with Gasteiger partial charge < -0.3 is 0 Å². The van der Waals surface area contributed by atoms with Crippen LogP contribution in [0.4, 0.5) is 0 Å². The van der Waals surface area contributed by atoms with E-state index in [1.165, 1.54) is 10.9 Å². The van der Waals surface area contributed by atoms with Gasteiger partial charge in [-0.15, -0.1) is 0 Å². The second-order valence-electron chi connectivity index (χ2n) is 5.44. The van der Waals surface area contributed by atoms with Crippen LogP contribution in [0.5, 0.6) is 0 Å². The summed E-state index contributed by atoms with van der Waals surface area (Å²) in [6.45, 7) is 4.25. The fraction of sp³-hybridized carbons (Fsp3) is 0.385. The average molecular weight is 352 g/mol. The van der Waals surface area contributed by atoms with Gasteiger partial charge in [-0.2, -0.15) is 23.7 Å². The lowest BCUT2D eigenvalue weighted by atomic mass is 10.1. The number of sulfonamides is 1. The Balaban J connectivity index is 1.90. The molecule has 0 spiro atoms. The number of nitrogens with one attached hydrogen (secondary N) is 1. The van der Waals surface area contributed by atoms with Crippen molar-refractivity contribution >= 4 is 32.8 Å². The van der Waals surface area contributed by atoms with Crippen molar-refractivity contribution < 1.29 is 8.42 Å². The van der Waals surface area contributed by atoms with E-state index in [1.54, 1.807) is 24.5 Å². The number of benzene rings is 1. The van der Waals surface area contributed by atoms with Gasteiger partial charge in [0.1, 0.15) is 15.9 Å². The minimum absolute atomic E-state index is 0.0727. The van der Waals surface area contributed by atoms with E-state index in [4.69, 9.17) is 0 Å². The van der Waals surface area contributed by atoms with E-state index >= 15 is 0 Å². The van der Waals surface area contributed by atoms with Crippen molar-refractivity contribution in [1.29, 1.82) is 0 Å². The van der Waals surface area contributed by atoms with Crippen molar-refractivity contribution in [2.24, 2.45) is 5.92 Å². The number of fused-ring (bicyclic) bond motifs is 1. The van der Waals surface area contributed by atoms with E-state index in [9.17, 15) is 8.42 Å². The maximum atomic E-state index is 12.8. The zero-order valence-corrected chi connectivity index (χ0v) is 14.3. The van der Waals surface area contributed by atoms with Crippen molar-refractivity contribution in [1.82, 2.24) is 28.5 Å². The molecule has 0 amide bonds. The molecule has 1 aromatic carbocycles. The molecule has 0 aliphatic rings. The van der Waals surface area contributed by atoms with Crippen LogP contribution in [0, 0.1) is 5.92 Å². The standard InChI is InChI=1S/C13H16N6O2S2/c1-9(2)11(8-19-14-6-7-15-19)18-23(20,21)12-5-3-4-10-13(12)17-22-16-10/h3-7,9,11,18H,8H2,1-2H3/t11-/m0/s1. The maximum absolute atomic E-state index is 12.8. The Morgan fingerprint density at radius 2 is 1.96 bits per heavy atom. The average Bonchev–Trinajstić information content (AvgIpc) is 3.16. The quantitative estimate of drug-likeness (QED) is 0.717. The lowest BCUT2D eigenvalue weighted by molar-refractivity contribution is 0.361. The Kier molecular flexibility index (Phi) is 4.37. The molecule has 23 heavy (non-hydrogen) atoms. The summed E-state index contributed by atoms with van der Waals surface area (Å²) in [6, 6.07) is 4.60. The van der Waals surface area contributed by atoms with Gasteiger partial charge in [-0.25, -0.2) is 13.1 Å². The van der Waals surface area contributed by atoms with Gasteiger partial charge in [-0.1, -0.05) is 19.9 Å². The monoisotopic (exact) mass is 352 g/mol. The number of aromatic nitrogens is 5. The first-order valence-corrected chi connectivity index (χ1v) is 9.26. The number of hydrogen-bond donors (Lipinski definition) is 1. The molecule has 3 rings (SSSR count). The minimum Gasteiger partial charge on any atom is -0.207 e. The zero-order chi connectivity index (χ0) is 16.4. The van der Waals surface area contributed by atoms with Gasteiger partial charge in [0.05, 0.1) is 30.7 Å². The topological polar surface area (TPSA) is 103 Å². The second-order valence-corrected chi connectivity index (χ2v) is 7.65. The van der Waals surface area contributed by atoms with E-state index in [2.05, 4.69) is 23.7 Å². The highest BCUT2D eigenvalue weighted by atomic mass is 32.2. The molecule has 0 radical (unpaired) electrons. The summed E-state index contributed by atoms with van der Waals surface area (Å²) in [5.74, 6) is 0.0727. The van der Waals surface area contributed by atoms with Gasteiger partial charge in [0, 0.05) is 6.04 Å². The third-order valence-corrected chi connectivity index (χ3v) is 5.54. The van der Waals surface area contributed by atoms with Crippen LogP contribution in [0.15, 0.2) is 35.5 Å². The molecular weight excluding hydrogens is 336 g/mol. The highest BCUT2D eigenvalue weighted by molar-refractivity contribution is 7.89. The molecule has 0 saturated heterocycles. The number of nitrogens with zero attached hydrogens (tertiary/aromatic N) is 5. The fourth-order valence-electron chi connectivity index (χ4n) is 2.16. The Morgan fingerprint density at radius 1 is 1.22 bits per heavy atom. The normalized spacial score (nSPS) is 13.7. The van der Waals surface area contributed by atoms with Crippen molar-refractivity contribution in [3.63, 3.8) is 0 Å². The van der Waals surface area contributed by atoms with Crippen LogP contribution in [0.2, 0.25) is 0 Å². The summed E-state index contributed by atoms with van der Waals surface area (Å²) in [4.78, 5) is 1.61. The largest absolute Gasteiger partial charge is 0.243 e. The van der Waals surface area contributed by atoms with E-state index in [0.29, 0.717) is 17.6 Å². The first kappa shape index (κ1) is 16.0. The number of hydrogen-bond acceptors (Lipinski definition) is 7. The minimum atomic E-state index is -3.72. The summed E-state index contributed by atoms with van der Waals surface area (Å²) in [7, 11) is -3.72. The summed E-state index contributed by atoms with van der Waals surface area (Å²) in [6.07, 6.45) is 3.13. The molecule has 0 aliphatic heterocycles. The van der Waals surface area contributed by atoms with E-state index in [1.807, 2.05) is 13.8 Å². The second kappa shape index (κ2) is 6.30. The molecule has 3 aromatic rings. The third kappa shape index (κ3) is 3.38. The number of rotatable bonds is 6. The molecular formula is C13H16N6O2S2. The molecule has 0 aliphatic carbocycles. The fourth-order valence-corrected chi connectivity index (χ4v) is 4.30. The van der Waals surface area contributed by atoms with Crippen molar-refractivity contribution in [2.75, 3.05) is 0 Å². The lowest BCUT2D eigenvalue weighted by Crippen LogP contribution is -2.42. The van der Waals surface area contributed by atoms with Gasteiger partial charge in [-0.3, -0.25) is 0 Å². The van der Waals surface area contributed by atoms with Crippen LogP contribution in [-0.2, 0) is 16.6 Å². The summed E-state index contributed by atoms with van der Waals surface area (Å²) < 4.78 is 36.4. The van der Waals surface area contributed by atoms with E-state index in [-0.39, 0.29) is 16.9 Å². The molecule has 0 fully saturated rings. The Morgan fingerprint density at radius 3 is 2.65 bits per heavy atom. The van der Waals surface area contributed by atoms with Crippen LogP contribution < -0.4 is 4.72 Å². The molecule has 0 unspecified atom stereocenters. The molecule has 1 N–H and O–H groups in total. The van der Waals surface area contributed by atoms with Gasteiger partial charge >= 0.3 is 0 Å². The molecule has 0 saturated carbocycles. The van der Waals surface area contributed by atoms with Crippen LogP contribution >= 0.6 is 11.7 Å². The lowest BCUT2D eigenvalue weighted by Gasteiger charge is -2.21. The molecule has 122 valence electrons.